The number of ether oxygens (including phenoxy) is 1. The second-order valence-electron chi connectivity index (χ2n) is 6.76. The Morgan fingerprint density at radius 2 is 1.68 bits per heavy atom. The van der Waals surface area contributed by atoms with Gasteiger partial charge < -0.3 is 20.3 Å². The number of hydrogen-bond donors (Lipinski definition) is 2. The van der Waals surface area contributed by atoms with Crippen molar-refractivity contribution >= 4 is 11.8 Å². The summed E-state index contributed by atoms with van der Waals surface area (Å²) in [6.07, 6.45) is 0. The van der Waals surface area contributed by atoms with Gasteiger partial charge in [0.15, 0.2) is 0 Å². The van der Waals surface area contributed by atoms with Gasteiger partial charge >= 0.3 is 0 Å². The molecule has 1 aromatic heterocycles. The lowest BCUT2D eigenvalue weighted by Crippen LogP contribution is -2.21. The molecule has 0 radical (unpaired) electrons. The molecule has 0 atom stereocenters. The van der Waals surface area contributed by atoms with Gasteiger partial charge in [0.25, 0.3) is 0 Å². The molecule has 0 bridgehead atoms. The fraction of sp³-hybridized carbons (Fsp3) is 0.273. The second kappa shape index (κ2) is 9.71. The van der Waals surface area contributed by atoms with E-state index in [-0.39, 0.29) is 0 Å². The van der Waals surface area contributed by atoms with Gasteiger partial charge in [0, 0.05) is 31.3 Å². The predicted octanol–water partition coefficient (Wildman–Crippen LogP) is 3.74. The van der Waals surface area contributed by atoms with Crippen LogP contribution in [0.5, 0.6) is 5.75 Å². The molecule has 0 aliphatic heterocycles. The van der Waals surface area contributed by atoms with E-state index >= 15 is 0 Å². The van der Waals surface area contributed by atoms with E-state index in [4.69, 9.17) is 9.72 Å². The molecule has 0 unspecified atom stereocenters. The van der Waals surface area contributed by atoms with Crippen molar-refractivity contribution < 1.29 is 4.74 Å². The molecule has 0 aliphatic rings. The minimum absolute atomic E-state index is 0.601. The number of rotatable bonds is 9. The highest BCUT2D eigenvalue weighted by Gasteiger charge is 2.07. The van der Waals surface area contributed by atoms with Crippen molar-refractivity contribution in [3.63, 3.8) is 0 Å². The lowest BCUT2D eigenvalue weighted by molar-refractivity contribution is 0.414. The summed E-state index contributed by atoms with van der Waals surface area (Å²) in [5.74, 6) is 2.26. The zero-order valence-electron chi connectivity index (χ0n) is 16.6. The SMILES string of the molecule is COc1ccc(CNc2nc(NCCN(C)C)cc(-c3ccccc3)n2)cc1. The Bertz CT molecular complexity index is 866. The van der Waals surface area contributed by atoms with Crippen LogP contribution in [0.15, 0.2) is 60.7 Å². The first-order valence-electron chi connectivity index (χ1n) is 9.34. The molecule has 3 aromatic rings. The van der Waals surface area contributed by atoms with Crippen LogP contribution in [0, 0.1) is 0 Å². The fourth-order valence-corrected chi connectivity index (χ4v) is 2.71. The third kappa shape index (κ3) is 5.69. The molecule has 1 heterocycles. The number of methoxy groups -OCH3 is 1. The second-order valence-corrected chi connectivity index (χ2v) is 6.76. The quantitative estimate of drug-likeness (QED) is 0.592. The van der Waals surface area contributed by atoms with Crippen LogP contribution in [0.1, 0.15) is 5.56 Å². The third-order valence-corrected chi connectivity index (χ3v) is 4.27. The van der Waals surface area contributed by atoms with Gasteiger partial charge in [0.1, 0.15) is 11.6 Å². The van der Waals surface area contributed by atoms with Crippen molar-refractivity contribution in [1.29, 1.82) is 0 Å². The van der Waals surface area contributed by atoms with Gasteiger partial charge in [-0.2, -0.15) is 4.98 Å². The molecule has 146 valence electrons. The minimum atomic E-state index is 0.601. The van der Waals surface area contributed by atoms with Crippen LogP contribution in [-0.4, -0.2) is 49.2 Å². The average Bonchev–Trinajstić information content (AvgIpc) is 2.73. The van der Waals surface area contributed by atoms with Crippen molar-refractivity contribution in [2.24, 2.45) is 0 Å². The molecule has 0 saturated heterocycles. The first kappa shape index (κ1) is 19.6. The molecule has 0 amide bonds. The summed E-state index contributed by atoms with van der Waals surface area (Å²) in [6, 6.07) is 20.1. The van der Waals surface area contributed by atoms with E-state index in [1.807, 2.05) is 48.5 Å². The molecule has 6 heteroatoms. The fourth-order valence-electron chi connectivity index (χ4n) is 2.71. The van der Waals surface area contributed by atoms with Crippen molar-refractivity contribution in [3.8, 4) is 17.0 Å². The Balaban J connectivity index is 1.77. The van der Waals surface area contributed by atoms with Crippen LogP contribution in [0.2, 0.25) is 0 Å². The van der Waals surface area contributed by atoms with Crippen molar-refractivity contribution in [2.75, 3.05) is 44.9 Å². The largest absolute Gasteiger partial charge is 0.497 e. The first-order valence-corrected chi connectivity index (χ1v) is 9.34. The Labute approximate surface area is 166 Å². The Hall–Kier alpha value is -3.12. The maximum Gasteiger partial charge on any atom is 0.225 e. The number of hydrogen-bond acceptors (Lipinski definition) is 6. The van der Waals surface area contributed by atoms with E-state index in [1.54, 1.807) is 7.11 Å². The summed E-state index contributed by atoms with van der Waals surface area (Å²) < 4.78 is 5.21. The number of benzene rings is 2. The van der Waals surface area contributed by atoms with E-state index in [2.05, 4.69) is 46.7 Å². The molecule has 28 heavy (non-hydrogen) atoms. The van der Waals surface area contributed by atoms with Gasteiger partial charge in [-0.3, -0.25) is 0 Å². The minimum Gasteiger partial charge on any atom is -0.497 e. The first-order chi connectivity index (χ1) is 13.6. The lowest BCUT2D eigenvalue weighted by atomic mass is 10.1. The topological polar surface area (TPSA) is 62.3 Å². The van der Waals surface area contributed by atoms with Crippen molar-refractivity contribution in [3.05, 3.63) is 66.2 Å². The van der Waals surface area contributed by atoms with Crippen LogP contribution in [0.25, 0.3) is 11.3 Å². The van der Waals surface area contributed by atoms with Gasteiger partial charge in [-0.15, -0.1) is 0 Å². The van der Waals surface area contributed by atoms with Crippen LogP contribution in [0.4, 0.5) is 11.8 Å². The zero-order chi connectivity index (χ0) is 19.8. The molecule has 0 spiro atoms. The normalized spacial score (nSPS) is 10.7. The molecule has 0 fully saturated rings. The highest BCUT2D eigenvalue weighted by atomic mass is 16.5. The van der Waals surface area contributed by atoms with Crippen LogP contribution in [0.3, 0.4) is 0 Å². The van der Waals surface area contributed by atoms with Crippen LogP contribution in [-0.2, 0) is 6.54 Å². The van der Waals surface area contributed by atoms with Gasteiger partial charge in [0.2, 0.25) is 5.95 Å². The molecule has 2 aromatic carbocycles. The highest BCUT2D eigenvalue weighted by Crippen LogP contribution is 2.21. The van der Waals surface area contributed by atoms with E-state index in [0.717, 1.165) is 41.5 Å². The van der Waals surface area contributed by atoms with Crippen molar-refractivity contribution in [1.82, 2.24) is 14.9 Å². The molecule has 2 N–H and O–H groups in total. The summed E-state index contributed by atoms with van der Waals surface area (Å²) in [4.78, 5) is 11.5. The molecule has 3 rings (SSSR count). The van der Waals surface area contributed by atoms with Gasteiger partial charge in [-0.1, -0.05) is 42.5 Å². The van der Waals surface area contributed by atoms with Crippen molar-refractivity contribution in [2.45, 2.75) is 6.54 Å². The highest BCUT2D eigenvalue weighted by molar-refractivity contribution is 5.64. The monoisotopic (exact) mass is 377 g/mol. The Morgan fingerprint density at radius 3 is 2.36 bits per heavy atom. The molecule has 6 nitrogen and oxygen atoms in total. The molecular weight excluding hydrogens is 350 g/mol. The van der Waals surface area contributed by atoms with E-state index in [1.165, 1.54) is 0 Å². The van der Waals surface area contributed by atoms with Crippen LogP contribution < -0.4 is 15.4 Å². The number of anilines is 2. The summed E-state index contributed by atoms with van der Waals surface area (Å²) in [6.45, 7) is 2.38. The average molecular weight is 377 g/mol. The maximum absolute atomic E-state index is 5.21. The predicted molar refractivity (Wildman–Crippen MR) is 115 cm³/mol. The standard InChI is InChI=1S/C22H27N5O/c1-27(2)14-13-23-21-15-20(18-7-5-4-6-8-18)25-22(26-21)24-16-17-9-11-19(28-3)12-10-17/h4-12,15H,13-14,16H2,1-3H3,(H2,23,24,25,26). The lowest BCUT2D eigenvalue weighted by Gasteiger charge is -2.13. The number of likely N-dealkylation sites (N-methyl/N-ethyl adjacent to an activating group) is 1. The summed E-state index contributed by atoms with van der Waals surface area (Å²) in [5, 5.41) is 6.73. The van der Waals surface area contributed by atoms with Gasteiger partial charge in [-0.05, 0) is 31.8 Å². The van der Waals surface area contributed by atoms with E-state index in [0.29, 0.717) is 12.5 Å². The molecule has 0 saturated carbocycles. The summed E-state index contributed by atoms with van der Waals surface area (Å²) >= 11 is 0. The van der Waals surface area contributed by atoms with Gasteiger partial charge in [0.05, 0.1) is 12.8 Å². The number of aromatic nitrogens is 2. The Morgan fingerprint density at radius 1 is 0.929 bits per heavy atom. The molecular formula is C22H27N5O. The van der Waals surface area contributed by atoms with Gasteiger partial charge in [-0.25, -0.2) is 4.98 Å². The number of nitrogens with zero attached hydrogens (tertiary/aromatic N) is 3. The summed E-state index contributed by atoms with van der Waals surface area (Å²) in [7, 11) is 5.78. The zero-order valence-corrected chi connectivity index (χ0v) is 16.6. The molecule has 0 aliphatic carbocycles. The summed E-state index contributed by atoms with van der Waals surface area (Å²) in [5.41, 5.74) is 3.09. The maximum atomic E-state index is 5.21. The third-order valence-electron chi connectivity index (χ3n) is 4.27. The Kier molecular flexibility index (Phi) is 6.81. The van der Waals surface area contributed by atoms with E-state index in [9.17, 15) is 0 Å². The smallest absolute Gasteiger partial charge is 0.225 e. The van der Waals surface area contributed by atoms with E-state index < -0.39 is 0 Å². The van der Waals surface area contributed by atoms with Crippen LogP contribution >= 0.6 is 0 Å². The number of nitrogens with one attached hydrogen (secondary N) is 2.